The number of nitrogens with one attached hydrogen (secondary N) is 1. The van der Waals surface area contributed by atoms with Crippen LogP contribution in [-0.2, 0) is 20.9 Å². The Morgan fingerprint density at radius 1 is 1.28 bits per heavy atom. The SMILES string of the molecule is CC1OC(C(=O)Nc2ccnc(CO)c2)C[C@@H]1C.COCCCOc1cccc(F)c1F. The molecule has 1 amide bonds. The van der Waals surface area contributed by atoms with E-state index in [2.05, 4.69) is 17.2 Å². The topological polar surface area (TPSA) is 89.9 Å². The average molecular weight is 452 g/mol. The number of pyridine rings is 1. The molecule has 176 valence electrons. The van der Waals surface area contributed by atoms with E-state index in [9.17, 15) is 13.6 Å². The summed E-state index contributed by atoms with van der Waals surface area (Å²) in [5.41, 5.74) is 1.16. The van der Waals surface area contributed by atoms with Crippen molar-refractivity contribution in [3.63, 3.8) is 0 Å². The molecule has 1 aromatic carbocycles. The van der Waals surface area contributed by atoms with E-state index in [1.54, 1.807) is 25.4 Å². The molecule has 1 fully saturated rings. The number of halogens is 2. The predicted octanol–water partition coefficient (Wildman–Crippen LogP) is 3.71. The molecule has 2 N–H and O–H groups in total. The third-order valence-electron chi connectivity index (χ3n) is 4.97. The maximum atomic E-state index is 13.0. The zero-order valence-corrected chi connectivity index (χ0v) is 18.5. The number of carbonyl (C=O) groups excluding carboxylic acids is 1. The first-order valence-corrected chi connectivity index (χ1v) is 10.4. The van der Waals surface area contributed by atoms with Crippen LogP contribution in [0.3, 0.4) is 0 Å². The van der Waals surface area contributed by atoms with Crippen LogP contribution in [-0.4, -0.2) is 48.5 Å². The molecule has 0 bridgehead atoms. The summed E-state index contributed by atoms with van der Waals surface area (Å²) in [5, 5.41) is 11.8. The first-order valence-electron chi connectivity index (χ1n) is 10.4. The second-order valence-electron chi connectivity index (χ2n) is 7.47. The van der Waals surface area contributed by atoms with Gasteiger partial charge in [0.25, 0.3) is 5.91 Å². The summed E-state index contributed by atoms with van der Waals surface area (Å²) in [6, 6.07) is 7.20. The number of aliphatic hydroxyl groups excluding tert-OH is 1. The highest BCUT2D eigenvalue weighted by atomic mass is 19.2. The maximum absolute atomic E-state index is 13.0. The summed E-state index contributed by atoms with van der Waals surface area (Å²) in [7, 11) is 1.57. The van der Waals surface area contributed by atoms with Crippen molar-refractivity contribution in [1.82, 2.24) is 4.98 Å². The lowest BCUT2D eigenvalue weighted by Crippen LogP contribution is -2.27. The van der Waals surface area contributed by atoms with Crippen molar-refractivity contribution in [1.29, 1.82) is 0 Å². The van der Waals surface area contributed by atoms with Crippen LogP contribution in [0.5, 0.6) is 5.75 Å². The Hall–Kier alpha value is -2.62. The molecule has 1 aliphatic rings. The standard InChI is InChI=1S/C13H18N2O3.C10H12F2O2/c1-8-5-12(18-9(8)2)13(17)15-10-3-4-14-11(6-10)7-16;1-13-6-3-7-14-9-5-2-4-8(11)10(9)12/h3-4,6,8-9,12,16H,5,7H2,1-2H3,(H,14,15,17);2,4-5H,3,6-7H2,1H3/t8-,9?,12?;/m0./s1. The summed E-state index contributed by atoms with van der Waals surface area (Å²) < 4.78 is 41.1. The lowest BCUT2D eigenvalue weighted by atomic mass is 10.0. The van der Waals surface area contributed by atoms with Gasteiger partial charge in [-0.2, -0.15) is 4.39 Å². The van der Waals surface area contributed by atoms with E-state index in [0.717, 1.165) is 12.5 Å². The summed E-state index contributed by atoms with van der Waals surface area (Å²) in [6.45, 7) is 4.77. The largest absolute Gasteiger partial charge is 0.490 e. The van der Waals surface area contributed by atoms with Gasteiger partial charge in [0.15, 0.2) is 11.6 Å². The van der Waals surface area contributed by atoms with E-state index in [-0.39, 0.29) is 30.5 Å². The molecular weight excluding hydrogens is 422 g/mol. The van der Waals surface area contributed by atoms with Gasteiger partial charge >= 0.3 is 0 Å². The molecular formula is C23H30F2N2O5. The Bertz CT molecular complexity index is 858. The molecule has 3 rings (SSSR count). The van der Waals surface area contributed by atoms with Crippen molar-refractivity contribution < 1.29 is 32.9 Å². The van der Waals surface area contributed by atoms with Gasteiger partial charge in [-0.25, -0.2) is 4.39 Å². The van der Waals surface area contributed by atoms with Gasteiger partial charge in [-0.1, -0.05) is 13.0 Å². The van der Waals surface area contributed by atoms with Crippen LogP contribution < -0.4 is 10.1 Å². The van der Waals surface area contributed by atoms with E-state index in [1.807, 2.05) is 6.92 Å². The van der Waals surface area contributed by atoms with E-state index in [1.165, 1.54) is 12.1 Å². The lowest BCUT2D eigenvalue weighted by Gasteiger charge is -2.11. The number of aliphatic hydroxyl groups is 1. The molecule has 0 radical (unpaired) electrons. The number of anilines is 1. The van der Waals surface area contributed by atoms with Crippen LogP contribution in [0.4, 0.5) is 14.5 Å². The van der Waals surface area contributed by atoms with Gasteiger partial charge in [-0.15, -0.1) is 0 Å². The Morgan fingerprint density at radius 2 is 2.06 bits per heavy atom. The van der Waals surface area contributed by atoms with Crippen molar-refractivity contribution in [2.75, 3.05) is 25.6 Å². The molecule has 0 spiro atoms. The van der Waals surface area contributed by atoms with Gasteiger partial charge < -0.3 is 24.6 Å². The first kappa shape index (κ1) is 25.6. The fourth-order valence-electron chi connectivity index (χ4n) is 2.99. The van der Waals surface area contributed by atoms with Crippen LogP contribution in [0.25, 0.3) is 0 Å². The van der Waals surface area contributed by atoms with E-state index in [0.29, 0.717) is 36.9 Å². The molecule has 1 saturated heterocycles. The molecule has 3 atom stereocenters. The minimum absolute atomic E-state index is 0.0545. The molecule has 2 aromatic rings. The summed E-state index contributed by atoms with van der Waals surface area (Å²) in [4.78, 5) is 15.9. The molecule has 32 heavy (non-hydrogen) atoms. The number of aromatic nitrogens is 1. The molecule has 9 heteroatoms. The van der Waals surface area contributed by atoms with Crippen LogP contribution in [0, 0.1) is 17.6 Å². The molecule has 1 aromatic heterocycles. The minimum atomic E-state index is -0.940. The summed E-state index contributed by atoms with van der Waals surface area (Å²) in [6.07, 6.45) is 2.67. The van der Waals surface area contributed by atoms with E-state index in [4.69, 9.17) is 19.3 Å². The van der Waals surface area contributed by atoms with Crippen molar-refractivity contribution >= 4 is 11.6 Å². The molecule has 1 aliphatic heterocycles. The molecule has 0 saturated carbocycles. The highest BCUT2D eigenvalue weighted by Crippen LogP contribution is 2.26. The number of methoxy groups -OCH3 is 1. The van der Waals surface area contributed by atoms with Crippen LogP contribution in [0.2, 0.25) is 0 Å². The third kappa shape index (κ3) is 7.81. The number of carbonyl (C=O) groups is 1. The van der Waals surface area contributed by atoms with Gasteiger partial charge in [0.2, 0.25) is 5.82 Å². The zero-order valence-electron chi connectivity index (χ0n) is 18.5. The number of ether oxygens (including phenoxy) is 3. The second-order valence-corrected chi connectivity index (χ2v) is 7.47. The third-order valence-corrected chi connectivity index (χ3v) is 4.97. The van der Waals surface area contributed by atoms with Crippen molar-refractivity contribution in [3.05, 3.63) is 53.9 Å². The van der Waals surface area contributed by atoms with Gasteiger partial charge in [0, 0.05) is 32.0 Å². The van der Waals surface area contributed by atoms with Gasteiger partial charge in [0.05, 0.1) is 25.0 Å². The fraction of sp³-hybridized carbons (Fsp3) is 0.478. The summed E-state index contributed by atoms with van der Waals surface area (Å²) >= 11 is 0. The van der Waals surface area contributed by atoms with E-state index < -0.39 is 11.6 Å². The Balaban J connectivity index is 0.000000235. The average Bonchev–Trinajstić information content (AvgIpc) is 3.13. The quantitative estimate of drug-likeness (QED) is 0.594. The number of nitrogens with zero attached hydrogens (tertiary/aromatic N) is 1. The summed E-state index contributed by atoms with van der Waals surface area (Å²) in [5.74, 6) is -1.63. The van der Waals surface area contributed by atoms with Crippen LogP contribution >= 0.6 is 0 Å². The second kappa shape index (κ2) is 13.0. The fourth-order valence-corrected chi connectivity index (χ4v) is 2.99. The van der Waals surface area contributed by atoms with Gasteiger partial charge in [-0.3, -0.25) is 9.78 Å². The zero-order chi connectivity index (χ0) is 23.5. The predicted molar refractivity (Wildman–Crippen MR) is 115 cm³/mol. The van der Waals surface area contributed by atoms with Crippen LogP contribution in [0.15, 0.2) is 36.5 Å². The monoisotopic (exact) mass is 452 g/mol. The van der Waals surface area contributed by atoms with Crippen molar-refractivity contribution in [2.24, 2.45) is 5.92 Å². The molecule has 0 aliphatic carbocycles. The highest BCUT2D eigenvalue weighted by molar-refractivity contribution is 5.94. The van der Waals surface area contributed by atoms with Gasteiger partial charge in [0.1, 0.15) is 6.10 Å². The van der Waals surface area contributed by atoms with Crippen molar-refractivity contribution in [3.8, 4) is 5.75 Å². The lowest BCUT2D eigenvalue weighted by molar-refractivity contribution is -0.126. The Morgan fingerprint density at radius 3 is 2.72 bits per heavy atom. The number of rotatable bonds is 8. The smallest absolute Gasteiger partial charge is 0.253 e. The molecule has 7 nitrogen and oxygen atoms in total. The van der Waals surface area contributed by atoms with E-state index >= 15 is 0 Å². The Kier molecular flexibility index (Phi) is 10.5. The number of amides is 1. The van der Waals surface area contributed by atoms with Crippen molar-refractivity contribution in [2.45, 2.75) is 45.5 Å². The molecule has 2 heterocycles. The van der Waals surface area contributed by atoms with Crippen LogP contribution in [0.1, 0.15) is 32.4 Å². The number of benzene rings is 1. The minimum Gasteiger partial charge on any atom is -0.490 e. The number of hydrogen-bond acceptors (Lipinski definition) is 6. The highest BCUT2D eigenvalue weighted by Gasteiger charge is 2.33. The Labute approximate surface area is 186 Å². The first-order chi connectivity index (χ1) is 15.3. The van der Waals surface area contributed by atoms with Gasteiger partial charge in [-0.05, 0) is 43.5 Å². The maximum Gasteiger partial charge on any atom is 0.253 e. The normalized spacial score (nSPS) is 19.8. The molecule has 2 unspecified atom stereocenters. The number of hydrogen-bond donors (Lipinski definition) is 2.